The summed E-state index contributed by atoms with van der Waals surface area (Å²) in [6, 6.07) is 27.7. The Balaban J connectivity index is 1.42. The van der Waals surface area contributed by atoms with E-state index in [1.165, 1.54) is 24.3 Å². The first-order valence-electron chi connectivity index (χ1n) is 15.5. The normalized spacial score (nSPS) is 17.1. The van der Waals surface area contributed by atoms with Crippen molar-refractivity contribution in [2.75, 3.05) is 4.90 Å². The summed E-state index contributed by atoms with van der Waals surface area (Å²) in [6.07, 6.45) is 3.88. The summed E-state index contributed by atoms with van der Waals surface area (Å²) in [5, 5.41) is -0.258. The molecule has 46 heavy (non-hydrogen) atoms. The Hall–Kier alpha value is -4.40. The van der Waals surface area contributed by atoms with Gasteiger partial charge in [0.25, 0.3) is 0 Å². The van der Waals surface area contributed by atoms with E-state index >= 15 is 0 Å². The lowest BCUT2D eigenvalue weighted by molar-refractivity contribution is -0.130. The van der Waals surface area contributed by atoms with Crippen molar-refractivity contribution in [3.05, 3.63) is 138 Å². The average molecular weight is 640 g/mol. The predicted octanol–water partition coefficient (Wildman–Crippen LogP) is 9.12. The van der Waals surface area contributed by atoms with Gasteiger partial charge in [-0.1, -0.05) is 62.4 Å². The van der Waals surface area contributed by atoms with Gasteiger partial charge in [0.05, 0.1) is 17.5 Å². The number of nitrogens with zero attached hydrogens (tertiary/aromatic N) is 1. The molecule has 1 amide bonds. The third-order valence-electron chi connectivity index (χ3n) is 9.27. The Morgan fingerprint density at radius 1 is 0.870 bits per heavy atom. The lowest BCUT2D eigenvalue weighted by Gasteiger charge is -2.47. The molecule has 0 spiro atoms. The van der Waals surface area contributed by atoms with Crippen LogP contribution in [0.3, 0.4) is 0 Å². The molecule has 0 saturated carbocycles. The van der Waals surface area contributed by atoms with Gasteiger partial charge in [-0.3, -0.25) is 4.79 Å². The van der Waals surface area contributed by atoms with Gasteiger partial charge in [-0.2, -0.15) is 0 Å². The minimum Gasteiger partial charge on any atom is -0.432 e. The van der Waals surface area contributed by atoms with E-state index in [0.717, 1.165) is 23.1 Å². The van der Waals surface area contributed by atoms with E-state index in [1.54, 1.807) is 65.6 Å². The van der Waals surface area contributed by atoms with Crippen LogP contribution in [0.4, 0.5) is 14.5 Å². The minimum atomic E-state index is -2.46. The van der Waals surface area contributed by atoms with Crippen LogP contribution in [0, 0.1) is 17.6 Å². The quantitative estimate of drug-likeness (QED) is 0.0770. The van der Waals surface area contributed by atoms with Gasteiger partial charge in [-0.05, 0) is 115 Å². The Bertz CT molecular complexity index is 1700. The summed E-state index contributed by atoms with van der Waals surface area (Å²) in [7, 11) is -2.46. The van der Waals surface area contributed by atoms with E-state index in [9.17, 15) is 23.2 Å². The average Bonchev–Trinajstić information content (AvgIpc) is 3.03. The summed E-state index contributed by atoms with van der Waals surface area (Å²) in [4.78, 5) is 38.8. The lowest BCUT2D eigenvalue weighted by atomic mass is 9.79. The number of benzene rings is 4. The Morgan fingerprint density at radius 2 is 1.46 bits per heavy atom. The van der Waals surface area contributed by atoms with Crippen LogP contribution in [-0.2, 0) is 4.79 Å². The smallest absolute Gasteiger partial charge is 0.343 e. The summed E-state index contributed by atoms with van der Waals surface area (Å²) >= 11 is 0. The number of esters is 1. The van der Waals surface area contributed by atoms with Crippen molar-refractivity contribution in [3.8, 4) is 5.75 Å². The molecular weight excluding hydrogens is 601 g/mol. The van der Waals surface area contributed by atoms with E-state index in [2.05, 4.69) is 19.9 Å². The standard InChI is InChI=1S/C38H39F2NO4Si/c1-38(2,46(3,4)44)25-24-27(26-10-15-30(39)16-11-26)14-23-34-35(41(36(34)42)32-19-17-31(40)18-20-32)28-12-21-33(22-13-28)45-37(43)29-8-6-5-7-9-29/h5-22,34-35,44H,23-25H2,1-4H3/b27-14-/t34-,35?/m1/s1. The van der Waals surface area contributed by atoms with Crippen LogP contribution in [0.5, 0.6) is 5.75 Å². The molecule has 238 valence electrons. The number of ether oxygens (including phenoxy) is 1. The highest BCUT2D eigenvalue weighted by Crippen LogP contribution is 2.47. The van der Waals surface area contributed by atoms with E-state index in [4.69, 9.17) is 4.74 Å². The van der Waals surface area contributed by atoms with Crippen molar-refractivity contribution >= 4 is 31.5 Å². The van der Waals surface area contributed by atoms with Crippen LogP contribution >= 0.6 is 0 Å². The van der Waals surface area contributed by atoms with Crippen molar-refractivity contribution in [1.82, 2.24) is 0 Å². The van der Waals surface area contributed by atoms with Gasteiger partial charge >= 0.3 is 5.97 Å². The number of β-lactam (4-membered cyclic amide) rings is 1. The largest absolute Gasteiger partial charge is 0.432 e. The van der Waals surface area contributed by atoms with Gasteiger partial charge in [0.2, 0.25) is 5.91 Å². The fourth-order valence-corrected chi connectivity index (χ4v) is 6.31. The van der Waals surface area contributed by atoms with Crippen LogP contribution < -0.4 is 9.64 Å². The number of hydrogen-bond donors (Lipinski definition) is 1. The van der Waals surface area contributed by atoms with Gasteiger partial charge in [-0.15, -0.1) is 0 Å². The molecule has 1 fully saturated rings. The van der Waals surface area contributed by atoms with Gasteiger partial charge < -0.3 is 14.4 Å². The zero-order valence-corrected chi connectivity index (χ0v) is 27.5. The molecule has 4 aromatic carbocycles. The van der Waals surface area contributed by atoms with Gasteiger partial charge in [0.15, 0.2) is 8.32 Å². The number of halogens is 2. The number of rotatable bonds is 11. The minimum absolute atomic E-state index is 0.0878. The molecule has 1 unspecified atom stereocenters. The maximum Gasteiger partial charge on any atom is 0.343 e. The van der Waals surface area contributed by atoms with Crippen molar-refractivity contribution in [2.45, 2.75) is 57.3 Å². The van der Waals surface area contributed by atoms with Crippen LogP contribution in [-0.4, -0.2) is 25.0 Å². The highest BCUT2D eigenvalue weighted by Gasteiger charge is 2.48. The molecule has 1 aliphatic heterocycles. The predicted molar refractivity (Wildman–Crippen MR) is 180 cm³/mol. The van der Waals surface area contributed by atoms with Crippen LogP contribution in [0.25, 0.3) is 5.57 Å². The zero-order chi connectivity index (χ0) is 33.1. The van der Waals surface area contributed by atoms with Crippen LogP contribution in [0.2, 0.25) is 18.1 Å². The number of carbonyl (C=O) groups excluding carboxylic acids is 2. The molecule has 0 aromatic heterocycles. The summed E-state index contributed by atoms with van der Waals surface area (Å²) in [6.45, 7) is 8.02. The third kappa shape index (κ3) is 7.35. The summed E-state index contributed by atoms with van der Waals surface area (Å²) in [5.41, 5.74) is 3.74. The fraction of sp³-hybridized carbons (Fsp3) is 0.263. The number of carbonyl (C=O) groups is 2. The third-order valence-corrected chi connectivity index (χ3v) is 12.8. The molecule has 4 aromatic rings. The van der Waals surface area contributed by atoms with Gasteiger partial charge in [-0.25, -0.2) is 13.6 Å². The fourth-order valence-electron chi connectivity index (χ4n) is 5.57. The topological polar surface area (TPSA) is 66.8 Å². The Kier molecular flexibility index (Phi) is 9.70. The van der Waals surface area contributed by atoms with E-state index in [1.807, 2.05) is 31.3 Å². The maximum atomic E-state index is 13.8. The number of amides is 1. The molecule has 5 nitrogen and oxygen atoms in total. The van der Waals surface area contributed by atoms with Crippen LogP contribution in [0.15, 0.2) is 109 Å². The first-order valence-corrected chi connectivity index (χ1v) is 18.4. The Labute approximate surface area is 270 Å². The van der Waals surface area contributed by atoms with Crippen molar-refractivity contribution in [3.63, 3.8) is 0 Å². The second-order valence-corrected chi connectivity index (χ2v) is 17.4. The van der Waals surface area contributed by atoms with E-state index in [0.29, 0.717) is 29.8 Å². The molecule has 0 bridgehead atoms. The second-order valence-electron chi connectivity index (χ2n) is 13.0. The molecule has 0 aliphatic carbocycles. The molecule has 1 aliphatic rings. The highest BCUT2D eigenvalue weighted by molar-refractivity contribution is 6.72. The van der Waals surface area contributed by atoms with Gasteiger partial charge in [0.1, 0.15) is 17.4 Å². The molecule has 1 N–H and O–H groups in total. The lowest BCUT2D eigenvalue weighted by Crippen LogP contribution is -2.55. The number of allylic oxidation sites excluding steroid dienone is 2. The second kappa shape index (κ2) is 13.5. The summed E-state index contributed by atoms with van der Waals surface area (Å²) in [5.74, 6) is -1.30. The highest BCUT2D eigenvalue weighted by atomic mass is 28.4. The monoisotopic (exact) mass is 639 g/mol. The molecule has 5 rings (SSSR count). The van der Waals surface area contributed by atoms with E-state index in [-0.39, 0.29) is 22.8 Å². The van der Waals surface area contributed by atoms with E-state index < -0.39 is 26.0 Å². The number of anilines is 1. The molecule has 0 radical (unpaired) electrons. The van der Waals surface area contributed by atoms with Gasteiger partial charge in [0, 0.05) is 5.69 Å². The molecule has 1 saturated heterocycles. The maximum absolute atomic E-state index is 13.8. The first kappa shape index (κ1) is 33.0. The summed E-state index contributed by atoms with van der Waals surface area (Å²) < 4.78 is 33.2. The first-order chi connectivity index (χ1) is 21.8. The molecule has 8 heteroatoms. The van der Waals surface area contributed by atoms with Crippen molar-refractivity contribution in [1.29, 1.82) is 0 Å². The van der Waals surface area contributed by atoms with Crippen molar-refractivity contribution in [2.24, 2.45) is 5.92 Å². The van der Waals surface area contributed by atoms with Crippen LogP contribution in [0.1, 0.15) is 60.6 Å². The molecule has 2 atom stereocenters. The Morgan fingerprint density at radius 3 is 2.04 bits per heavy atom. The molecular formula is C38H39F2NO4Si. The van der Waals surface area contributed by atoms with Crippen molar-refractivity contribution < 1.29 is 27.9 Å². The SMILES string of the molecule is CC(C)(CC/C(=C/C[C@H]1C(=O)N(c2ccc(F)cc2)C1c1ccc(OC(=O)c2ccccc2)cc1)c1ccc(F)cc1)[Si](C)(C)O. The number of hydrogen-bond acceptors (Lipinski definition) is 4. The molecule has 1 heterocycles. The zero-order valence-electron chi connectivity index (χ0n) is 26.5.